The van der Waals surface area contributed by atoms with Gasteiger partial charge in [0.15, 0.2) is 0 Å². The molecule has 188 valence electrons. The van der Waals surface area contributed by atoms with Gasteiger partial charge in [0, 0.05) is 54.2 Å². The van der Waals surface area contributed by atoms with E-state index in [1.54, 1.807) is 29.2 Å². The molecule has 2 fully saturated rings. The number of rotatable bonds is 5. The molecule has 3 heterocycles. The molecule has 0 aliphatic carbocycles. The molecule has 5 rings (SSSR count). The van der Waals surface area contributed by atoms with Crippen molar-refractivity contribution in [1.82, 2.24) is 15.2 Å². The van der Waals surface area contributed by atoms with Gasteiger partial charge in [0.05, 0.1) is 13.2 Å². The topological polar surface area (TPSA) is 115 Å². The number of ether oxygens (including phenoxy) is 1. The van der Waals surface area contributed by atoms with Gasteiger partial charge in [-0.1, -0.05) is 11.6 Å². The number of anilines is 1. The van der Waals surface area contributed by atoms with E-state index in [0.29, 0.717) is 43.2 Å². The van der Waals surface area contributed by atoms with Crippen LogP contribution >= 0.6 is 11.6 Å². The summed E-state index contributed by atoms with van der Waals surface area (Å²) in [5.74, 6) is -2.30. The highest BCUT2D eigenvalue weighted by Crippen LogP contribution is 2.31. The molecule has 1 aromatic heterocycles. The molecular formula is C25H24ClFN4O5. The molecule has 36 heavy (non-hydrogen) atoms. The van der Waals surface area contributed by atoms with Crippen LogP contribution in [-0.2, 0) is 20.9 Å². The van der Waals surface area contributed by atoms with E-state index in [1.807, 2.05) is 0 Å². The van der Waals surface area contributed by atoms with Crippen molar-refractivity contribution in [2.24, 2.45) is 0 Å². The van der Waals surface area contributed by atoms with Crippen LogP contribution in [0.4, 0.5) is 10.1 Å². The van der Waals surface area contributed by atoms with Crippen LogP contribution in [0, 0.1) is 5.82 Å². The first-order valence-electron chi connectivity index (χ1n) is 11.5. The highest BCUT2D eigenvalue weighted by molar-refractivity contribution is 6.30. The molecule has 3 N–H and O–H groups in total. The summed E-state index contributed by atoms with van der Waals surface area (Å²) in [5, 5.41) is 14.3. The number of amides is 3. The van der Waals surface area contributed by atoms with Gasteiger partial charge < -0.3 is 29.9 Å². The Labute approximate surface area is 210 Å². The number of carbonyl (C=O) groups excluding carboxylic acids is 3. The van der Waals surface area contributed by atoms with Crippen molar-refractivity contribution < 1.29 is 28.6 Å². The number of H-pyrrole nitrogens is 1. The van der Waals surface area contributed by atoms with Crippen LogP contribution in [0.25, 0.3) is 10.9 Å². The van der Waals surface area contributed by atoms with E-state index in [-0.39, 0.29) is 30.4 Å². The number of nitrogens with zero attached hydrogens (tertiary/aromatic N) is 2. The van der Waals surface area contributed by atoms with Crippen molar-refractivity contribution in [1.29, 1.82) is 0 Å². The van der Waals surface area contributed by atoms with Crippen LogP contribution < -0.4 is 10.2 Å². The molecule has 0 saturated carbocycles. The van der Waals surface area contributed by atoms with Crippen molar-refractivity contribution in [3.8, 4) is 0 Å². The van der Waals surface area contributed by atoms with Gasteiger partial charge in [-0.15, -0.1) is 0 Å². The van der Waals surface area contributed by atoms with Gasteiger partial charge in [-0.3, -0.25) is 14.4 Å². The lowest BCUT2D eigenvalue weighted by atomic mass is 10.0. The van der Waals surface area contributed by atoms with Gasteiger partial charge in [-0.25, -0.2) is 4.39 Å². The zero-order valence-corrected chi connectivity index (χ0v) is 20.0. The molecule has 0 radical (unpaired) electrons. The lowest BCUT2D eigenvalue weighted by Crippen LogP contribution is -2.52. The highest BCUT2D eigenvalue weighted by Gasteiger charge is 2.51. The second-order valence-corrected chi connectivity index (χ2v) is 9.32. The first-order chi connectivity index (χ1) is 17.2. The highest BCUT2D eigenvalue weighted by atomic mass is 35.5. The number of aromatic amines is 1. The lowest BCUT2D eigenvalue weighted by molar-refractivity contribution is -0.149. The maximum absolute atomic E-state index is 13.5. The summed E-state index contributed by atoms with van der Waals surface area (Å²) in [5.41, 5.74) is -0.187. The zero-order chi connectivity index (χ0) is 25.4. The van der Waals surface area contributed by atoms with Crippen molar-refractivity contribution in [2.45, 2.75) is 18.6 Å². The summed E-state index contributed by atoms with van der Waals surface area (Å²) in [6.45, 7) is 2.08. The fraction of sp³-hybridized carbons (Fsp3) is 0.320. The quantitative estimate of drug-likeness (QED) is 0.452. The monoisotopic (exact) mass is 514 g/mol. The molecule has 2 aromatic carbocycles. The number of benzene rings is 2. The maximum Gasteiger partial charge on any atom is 0.270 e. The van der Waals surface area contributed by atoms with E-state index in [1.165, 1.54) is 17.0 Å². The Morgan fingerprint density at radius 2 is 1.92 bits per heavy atom. The third-order valence-corrected chi connectivity index (χ3v) is 6.71. The summed E-state index contributed by atoms with van der Waals surface area (Å²) < 4.78 is 18.8. The first-order valence-corrected chi connectivity index (χ1v) is 11.9. The first kappa shape index (κ1) is 24.2. The third-order valence-electron chi connectivity index (χ3n) is 6.49. The number of hydrogen-bond donors (Lipinski definition) is 3. The number of hydrogen-bond acceptors (Lipinski definition) is 5. The molecule has 0 bridgehead atoms. The predicted molar refractivity (Wildman–Crippen MR) is 130 cm³/mol. The number of halogens is 2. The summed E-state index contributed by atoms with van der Waals surface area (Å²) in [6, 6.07) is 10.7. The molecule has 3 aromatic rings. The van der Waals surface area contributed by atoms with Crippen LogP contribution in [0.15, 0.2) is 42.5 Å². The van der Waals surface area contributed by atoms with Gasteiger partial charge in [0.2, 0.25) is 5.60 Å². The Bertz CT molecular complexity index is 1340. The summed E-state index contributed by atoms with van der Waals surface area (Å²) in [6.07, 6.45) is -0.104. The summed E-state index contributed by atoms with van der Waals surface area (Å²) >= 11 is 5.84. The molecule has 1 atom stereocenters. The number of carbonyl (C=O) groups is 3. The van der Waals surface area contributed by atoms with Crippen molar-refractivity contribution in [3.63, 3.8) is 0 Å². The second-order valence-electron chi connectivity index (χ2n) is 8.89. The van der Waals surface area contributed by atoms with Crippen LogP contribution in [0.5, 0.6) is 0 Å². The van der Waals surface area contributed by atoms with Crippen LogP contribution in [0.3, 0.4) is 0 Å². The van der Waals surface area contributed by atoms with Crippen molar-refractivity contribution >= 4 is 45.9 Å². The normalized spacial score (nSPS) is 20.2. The van der Waals surface area contributed by atoms with E-state index in [9.17, 15) is 23.9 Å². The number of nitrogens with one attached hydrogen (secondary N) is 2. The molecule has 11 heteroatoms. The minimum atomic E-state index is -2.25. The van der Waals surface area contributed by atoms with Gasteiger partial charge in [-0.05, 0) is 48.0 Å². The molecule has 2 saturated heterocycles. The molecule has 9 nitrogen and oxygen atoms in total. The van der Waals surface area contributed by atoms with Crippen LogP contribution in [0.1, 0.15) is 22.5 Å². The summed E-state index contributed by atoms with van der Waals surface area (Å²) in [7, 11) is 0. The predicted octanol–water partition coefficient (Wildman–Crippen LogP) is 2.22. The Morgan fingerprint density at radius 3 is 2.67 bits per heavy atom. The van der Waals surface area contributed by atoms with Gasteiger partial charge in [0.25, 0.3) is 17.7 Å². The molecule has 2 aliphatic rings. The number of aliphatic hydroxyl groups is 1. The fourth-order valence-corrected chi connectivity index (χ4v) is 4.79. The fourth-order valence-electron chi connectivity index (χ4n) is 4.54. The van der Waals surface area contributed by atoms with Gasteiger partial charge >= 0.3 is 0 Å². The minimum absolute atomic E-state index is 0.0961. The average Bonchev–Trinajstić information content (AvgIpc) is 3.43. The Balaban J connectivity index is 1.30. The largest absolute Gasteiger partial charge is 0.378 e. The Morgan fingerprint density at radius 1 is 1.14 bits per heavy atom. The third kappa shape index (κ3) is 4.55. The molecular weight excluding hydrogens is 491 g/mol. The summed E-state index contributed by atoms with van der Waals surface area (Å²) in [4.78, 5) is 44.8. The standard InChI is InChI=1S/C25H24ClFN4O5/c26-17-9-15(10-18(27)13-17)14-28-23(33)25(35)3-4-31(24(25)34)19-1-2-20-16(11-19)12-21(29-20)22(32)30-5-7-36-8-6-30/h1-2,9-13,29,35H,3-8,14H2,(H,28,33). The second kappa shape index (κ2) is 9.53. The molecule has 3 amide bonds. The van der Waals surface area contributed by atoms with E-state index in [2.05, 4.69) is 10.3 Å². The van der Waals surface area contributed by atoms with Gasteiger partial charge in [0.1, 0.15) is 11.5 Å². The number of fused-ring (bicyclic) bond motifs is 1. The van der Waals surface area contributed by atoms with E-state index in [4.69, 9.17) is 16.3 Å². The van der Waals surface area contributed by atoms with E-state index in [0.717, 1.165) is 17.0 Å². The minimum Gasteiger partial charge on any atom is -0.378 e. The van der Waals surface area contributed by atoms with Crippen LogP contribution in [0.2, 0.25) is 5.02 Å². The van der Waals surface area contributed by atoms with Crippen molar-refractivity contribution in [3.05, 3.63) is 64.6 Å². The zero-order valence-electron chi connectivity index (χ0n) is 19.2. The van der Waals surface area contributed by atoms with Gasteiger partial charge in [-0.2, -0.15) is 0 Å². The average molecular weight is 515 g/mol. The molecule has 2 aliphatic heterocycles. The number of aromatic nitrogens is 1. The number of morpholine rings is 1. The van der Waals surface area contributed by atoms with Crippen molar-refractivity contribution in [2.75, 3.05) is 37.7 Å². The SMILES string of the molecule is O=C(c1cc2cc(N3CCC(O)(C(=O)NCc4cc(F)cc(Cl)c4)C3=O)ccc2[nH]1)N1CCOCC1. The molecule has 1 unspecified atom stereocenters. The van der Waals surface area contributed by atoms with E-state index >= 15 is 0 Å². The smallest absolute Gasteiger partial charge is 0.270 e. The lowest BCUT2D eigenvalue weighted by Gasteiger charge is -2.26. The Hall–Kier alpha value is -3.47. The van der Waals surface area contributed by atoms with E-state index < -0.39 is 23.2 Å². The van der Waals surface area contributed by atoms with Crippen LogP contribution in [-0.4, -0.2) is 71.2 Å². The maximum atomic E-state index is 13.5. The molecule has 0 spiro atoms. The Kier molecular flexibility index (Phi) is 6.42.